The van der Waals surface area contributed by atoms with Gasteiger partial charge >= 0.3 is 0 Å². The maximum Gasteiger partial charge on any atom is 0.0769 e. The van der Waals surface area contributed by atoms with E-state index in [2.05, 4.69) is 24.1 Å². The van der Waals surface area contributed by atoms with Crippen molar-refractivity contribution < 1.29 is 5.11 Å². The Morgan fingerprint density at radius 1 is 1.22 bits per heavy atom. The number of hydrogen-bond acceptors (Lipinski definition) is 3. The van der Waals surface area contributed by atoms with Crippen LogP contribution in [0.15, 0.2) is 0 Å². The highest BCUT2D eigenvalue weighted by Crippen LogP contribution is 2.31. The topological polar surface area (TPSA) is 35.5 Å². The van der Waals surface area contributed by atoms with Crippen LogP contribution in [0, 0.1) is 5.92 Å². The lowest BCUT2D eigenvalue weighted by molar-refractivity contribution is -0.0104. The summed E-state index contributed by atoms with van der Waals surface area (Å²) in [5, 5.41) is 14.0. The van der Waals surface area contributed by atoms with E-state index < -0.39 is 5.60 Å². The second-order valence-corrected chi connectivity index (χ2v) is 6.30. The van der Waals surface area contributed by atoms with Crippen LogP contribution in [-0.2, 0) is 0 Å². The summed E-state index contributed by atoms with van der Waals surface area (Å²) in [6.45, 7) is 8.63. The first kappa shape index (κ1) is 14.3. The molecule has 1 unspecified atom stereocenters. The highest BCUT2D eigenvalue weighted by atomic mass is 16.3. The quantitative estimate of drug-likeness (QED) is 0.729. The van der Waals surface area contributed by atoms with Crippen molar-refractivity contribution in [2.24, 2.45) is 5.92 Å². The maximum absolute atomic E-state index is 10.5. The molecule has 3 nitrogen and oxygen atoms in total. The summed E-state index contributed by atoms with van der Waals surface area (Å²) >= 11 is 0. The van der Waals surface area contributed by atoms with Gasteiger partial charge in [-0.05, 0) is 57.5 Å². The molecule has 0 aromatic rings. The van der Waals surface area contributed by atoms with Crippen LogP contribution in [-0.4, -0.2) is 47.8 Å². The Bertz CT molecular complexity index is 243. The molecule has 1 aliphatic heterocycles. The van der Waals surface area contributed by atoms with E-state index in [1.54, 1.807) is 0 Å². The summed E-state index contributed by atoms with van der Waals surface area (Å²) in [6.07, 6.45) is 7.08. The average molecular weight is 254 g/mol. The van der Waals surface area contributed by atoms with Gasteiger partial charge in [0, 0.05) is 19.1 Å². The Hall–Kier alpha value is -0.120. The van der Waals surface area contributed by atoms with Crippen molar-refractivity contribution >= 4 is 0 Å². The molecule has 2 fully saturated rings. The van der Waals surface area contributed by atoms with Crippen molar-refractivity contribution in [3.05, 3.63) is 0 Å². The van der Waals surface area contributed by atoms with Gasteiger partial charge in [0.15, 0.2) is 0 Å². The summed E-state index contributed by atoms with van der Waals surface area (Å²) in [5.74, 6) is 0.789. The van der Waals surface area contributed by atoms with Gasteiger partial charge in [0.2, 0.25) is 0 Å². The van der Waals surface area contributed by atoms with E-state index in [0.29, 0.717) is 0 Å². The largest absolute Gasteiger partial charge is 0.389 e. The molecular weight excluding hydrogens is 224 g/mol. The molecule has 1 atom stereocenters. The van der Waals surface area contributed by atoms with Crippen molar-refractivity contribution in [3.8, 4) is 0 Å². The van der Waals surface area contributed by atoms with Crippen LogP contribution in [0.5, 0.6) is 0 Å². The van der Waals surface area contributed by atoms with Crippen molar-refractivity contribution in [1.29, 1.82) is 0 Å². The molecule has 0 aromatic carbocycles. The zero-order valence-corrected chi connectivity index (χ0v) is 12.1. The Kier molecular flexibility index (Phi) is 5.05. The standard InChI is InChI=1S/C15H30N2O/c1-3-15(18,4-2)12-17(14-7-8-14)11-13-6-5-9-16-10-13/h13-14,16,18H,3-12H2,1-2H3. The molecule has 2 N–H and O–H groups in total. The number of piperidine rings is 1. The summed E-state index contributed by atoms with van der Waals surface area (Å²) in [4.78, 5) is 2.57. The normalized spacial score (nSPS) is 25.7. The Morgan fingerprint density at radius 3 is 2.44 bits per heavy atom. The van der Waals surface area contributed by atoms with Crippen LogP contribution in [0.25, 0.3) is 0 Å². The second kappa shape index (κ2) is 6.36. The number of nitrogens with one attached hydrogen (secondary N) is 1. The number of nitrogens with zero attached hydrogens (tertiary/aromatic N) is 1. The lowest BCUT2D eigenvalue weighted by Gasteiger charge is -2.36. The van der Waals surface area contributed by atoms with Crippen LogP contribution >= 0.6 is 0 Å². The molecule has 3 heteroatoms. The van der Waals surface area contributed by atoms with Crippen molar-refractivity contribution in [1.82, 2.24) is 10.2 Å². The van der Waals surface area contributed by atoms with Crippen molar-refractivity contribution in [2.75, 3.05) is 26.2 Å². The van der Waals surface area contributed by atoms with Gasteiger partial charge < -0.3 is 10.4 Å². The van der Waals surface area contributed by atoms with Gasteiger partial charge in [0.1, 0.15) is 0 Å². The van der Waals surface area contributed by atoms with Gasteiger partial charge in [-0.25, -0.2) is 0 Å². The summed E-state index contributed by atoms with van der Waals surface area (Å²) < 4.78 is 0. The smallest absolute Gasteiger partial charge is 0.0769 e. The number of aliphatic hydroxyl groups is 1. The molecule has 18 heavy (non-hydrogen) atoms. The Morgan fingerprint density at radius 2 is 1.94 bits per heavy atom. The summed E-state index contributed by atoms with van der Waals surface area (Å²) in [7, 11) is 0. The van der Waals surface area contributed by atoms with Crippen molar-refractivity contribution in [2.45, 2.75) is 64.0 Å². The average Bonchev–Trinajstić information content (AvgIpc) is 3.23. The molecule has 2 rings (SSSR count). The first-order valence-corrected chi connectivity index (χ1v) is 7.84. The zero-order valence-electron chi connectivity index (χ0n) is 12.1. The van der Waals surface area contributed by atoms with Crippen LogP contribution in [0.4, 0.5) is 0 Å². The summed E-state index contributed by atoms with van der Waals surface area (Å²) in [5.41, 5.74) is -0.468. The zero-order chi connectivity index (χ0) is 13.0. The fraction of sp³-hybridized carbons (Fsp3) is 1.00. The second-order valence-electron chi connectivity index (χ2n) is 6.30. The molecule has 0 spiro atoms. The van der Waals surface area contributed by atoms with Gasteiger partial charge in [-0.15, -0.1) is 0 Å². The molecule has 0 amide bonds. The van der Waals surface area contributed by atoms with Crippen LogP contribution in [0.1, 0.15) is 52.4 Å². The highest BCUT2D eigenvalue weighted by Gasteiger charge is 2.35. The molecule has 106 valence electrons. The van der Waals surface area contributed by atoms with Crippen LogP contribution < -0.4 is 5.32 Å². The lowest BCUT2D eigenvalue weighted by atomic mass is 9.94. The van der Waals surface area contributed by atoms with Gasteiger partial charge in [0.25, 0.3) is 0 Å². The van der Waals surface area contributed by atoms with Gasteiger partial charge in [-0.2, -0.15) is 0 Å². The molecule has 1 saturated carbocycles. The van der Waals surface area contributed by atoms with Gasteiger partial charge in [-0.3, -0.25) is 4.90 Å². The van der Waals surface area contributed by atoms with Crippen LogP contribution in [0.2, 0.25) is 0 Å². The minimum absolute atomic E-state index is 0.468. The van der Waals surface area contributed by atoms with E-state index in [4.69, 9.17) is 0 Å². The number of rotatable bonds is 7. The molecule has 1 heterocycles. The van der Waals surface area contributed by atoms with E-state index in [-0.39, 0.29) is 0 Å². The maximum atomic E-state index is 10.5. The lowest BCUT2D eigenvalue weighted by Crippen LogP contribution is -2.47. The Balaban J connectivity index is 1.87. The molecule has 0 aromatic heterocycles. The van der Waals surface area contributed by atoms with E-state index >= 15 is 0 Å². The minimum atomic E-state index is -0.468. The number of hydrogen-bond donors (Lipinski definition) is 2. The molecule has 2 aliphatic rings. The molecule has 0 radical (unpaired) electrons. The predicted octanol–water partition coefficient (Wildman–Crippen LogP) is 2.00. The summed E-state index contributed by atoms with van der Waals surface area (Å²) in [6, 6.07) is 0.761. The third-order valence-electron chi connectivity index (χ3n) is 4.77. The molecule has 1 saturated heterocycles. The fourth-order valence-corrected chi connectivity index (χ4v) is 3.05. The predicted molar refractivity (Wildman–Crippen MR) is 75.7 cm³/mol. The highest BCUT2D eigenvalue weighted by molar-refractivity contribution is 4.91. The van der Waals surface area contributed by atoms with Gasteiger partial charge in [-0.1, -0.05) is 13.8 Å². The minimum Gasteiger partial charge on any atom is -0.389 e. The fourth-order valence-electron chi connectivity index (χ4n) is 3.05. The third-order valence-corrected chi connectivity index (χ3v) is 4.77. The monoisotopic (exact) mass is 254 g/mol. The van der Waals surface area contributed by atoms with Gasteiger partial charge in [0.05, 0.1) is 5.60 Å². The van der Waals surface area contributed by atoms with Crippen LogP contribution in [0.3, 0.4) is 0 Å². The molecule has 0 bridgehead atoms. The van der Waals surface area contributed by atoms with E-state index in [1.807, 2.05) is 0 Å². The first-order valence-electron chi connectivity index (χ1n) is 7.84. The molecule has 1 aliphatic carbocycles. The SMILES string of the molecule is CCC(O)(CC)CN(CC1CCCNC1)C1CC1. The Labute approximate surface area is 112 Å². The molecular formula is C15H30N2O. The third kappa shape index (κ3) is 3.94. The van der Waals surface area contributed by atoms with E-state index in [9.17, 15) is 5.11 Å². The van der Waals surface area contributed by atoms with E-state index in [1.165, 1.54) is 45.3 Å². The first-order chi connectivity index (χ1) is 8.67. The van der Waals surface area contributed by atoms with E-state index in [0.717, 1.165) is 31.3 Å². The van der Waals surface area contributed by atoms with Crippen molar-refractivity contribution in [3.63, 3.8) is 0 Å².